The van der Waals surface area contributed by atoms with E-state index in [0.29, 0.717) is 24.3 Å². The van der Waals surface area contributed by atoms with Crippen LogP contribution in [0.5, 0.6) is 5.75 Å². The highest BCUT2D eigenvalue weighted by atomic mass is 35.5. The fraction of sp³-hybridized carbons (Fsp3) is 0.477. The Labute approximate surface area is 350 Å². The molecule has 2 saturated heterocycles. The molecule has 2 aromatic carbocycles. The van der Waals surface area contributed by atoms with Crippen molar-refractivity contribution in [2.24, 2.45) is 0 Å². The van der Waals surface area contributed by atoms with Gasteiger partial charge >= 0.3 is 6.03 Å². The SMILES string of the molecule is C[C@@H]1CCC[C@H](C)N1c1nnc2ccc(O[C@@H]3CC[C@H](NC(=O)Nc4cc(C(C)(C)C)nn4-c4ccc(Cl)c(CCN5CCOCC5)c4)c4ccccc43)cn12.O=CO. The standard InChI is InChI=1S/C43H54ClN9O3.CH2O2/c1-28-9-8-10-29(2)52(28)42-48-47-39-18-14-32(27-51(39)42)56-37-17-16-36(33-11-6-7-12-34(33)37)45-41(54)46-40-26-38(43(3,4)5)49-53(40)31-13-15-35(44)30(25-31)19-20-50-21-23-55-24-22-50;2-1-3/h6-7,11-15,18,25-29,36-37H,8-10,16-17,19-24H2,1-5H3,(H2,45,46,54);1H,(H,2,3)/t28-,29+,36-,37+;/m0./s1. The Morgan fingerprint density at radius 1 is 0.983 bits per heavy atom. The summed E-state index contributed by atoms with van der Waals surface area (Å²) in [6.07, 6.45) is 7.62. The molecule has 2 amide bonds. The number of fused-ring (bicyclic) bond motifs is 2. The van der Waals surface area contributed by atoms with Crippen LogP contribution in [0, 0.1) is 0 Å². The topological polar surface area (TPSA) is 151 Å². The first kappa shape index (κ1) is 42.0. The first-order valence-electron chi connectivity index (χ1n) is 20.7. The van der Waals surface area contributed by atoms with Crippen LogP contribution in [0.2, 0.25) is 5.02 Å². The van der Waals surface area contributed by atoms with E-state index in [1.807, 2.05) is 53.3 Å². The molecule has 5 aromatic rings. The lowest BCUT2D eigenvalue weighted by atomic mass is 9.85. The average Bonchev–Trinajstić information content (AvgIpc) is 3.84. The zero-order valence-corrected chi connectivity index (χ0v) is 35.4. The molecule has 14 nitrogen and oxygen atoms in total. The van der Waals surface area contributed by atoms with Crippen molar-refractivity contribution in [2.45, 2.75) is 103 Å². The summed E-state index contributed by atoms with van der Waals surface area (Å²) >= 11 is 6.70. The maximum Gasteiger partial charge on any atom is 0.320 e. The van der Waals surface area contributed by atoms with Crippen LogP contribution >= 0.6 is 11.6 Å². The summed E-state index contributed by atoms with van der Waals surface area (Å²) in [6.45, 7) is 14.9. The maximum atomic E-state index is 13.9. The van der Waals surface area contributed by atoms with Gasteiger partial charge in [-0.3, -0.25) is 19.4 Å². The van der Waals surface area contributed by atoms with Crippen LogP contribution in [0.25, 0.3) is 11.3 Å². The van der Waals surface area contributed by atoms with Crippen LogP contribution in [0.4, 0.5) is 16.6 Å². The van der Waals surface area contributed by atoms with Crippen molar-refractivity contribution in [1.29, 1.82) is 0 Å². The van der Waals surface area contributed by atoms with Gasteiger partial charge in [0.05, 0.1) is 36.8 Å². The predicted molar refractivity (Wildman–Crippen MR) is 229 cm³/mol. The maximum absolute atomic E-state index is 13.9. The molecule has 0 saturated carbocycles. The molecule has 0 bridgehead atoms. The second-order valence-electron chi connectivity index (χ2n) is 16.8. The lowest BCUT2D eigenvalue weighted by Gasteiger charge is -2.39. The average molecular weight is 826 g/mol. The second kappa shape index (κ2) is 18.4. The number of urea groups is 1. The number of nitrogens with one attached hydrogen (secondary N) is 2. The Morgan fingerprint density at radius 3 is 2.44 bits per heavy atom. The van der Waals surface area contributed by atoms with Crippen molar-refractivity contribution in [3.8, 4) is 11.4 Å². The third-order valence-corrected chi connectivity index (χ3v) is 12.0. The number of piperidine rings is 1. The van der Waals surface area contributed by atoms with Crippen LogP contribution in [0.3, 0.4) is 0 Å². The van der Waals surface area contributed by atoms with Gasteiger partial charge in [-0.1, -0.05) is 56.6 Å². The fourth-order valence-electron chi connectivity index (χ4n) is 8.44. The smallest absolute Gasteiger partial charge is 0.320 e. The number of anilines is 2. The van der Waals surface area contributed by atoms with Gasteiger partial charge < -0.3 is 24.8 Å². The van der Waals surface area contributed by atoms with E-state index in [1.165, 1.54) is 6.42 Å². The quantitative estimate of drug-likeness (QED) is 0.125. The Balaban J connectivity index is 0.00000171. The van der Waals surface area contributed by atoms with Gasteiger partial charge in [0.1, 0.15) is 17.7 Å². The molecular weight excluding hydrogens is 770 g/mol. The van der Waals surface area contributed by atoms with Crippen LogP contribution in [-0.2, 0) is 21.4 Å². The van der Waals surface area contributed by atoms with Crippen molar-refractivity contribution in [1.82, 2.24) is 34.6 Å². The van der Waals surface area contributed by atoms with Crippen LogP contribution in [0.1, 0.15) is 101 Å². The highest BCUT2D eigenvalue weighted by Crippen LogP contribution is 2.39. The van der Waals surface area contributed by atoms with Crippen LogP contribution < -0.4 is 20.3 Å². The summed E-state index contributed by atoms with van der Waals surface area (Å²) in [6, 6.07) is 20.4. The summed E-state index contributed by atoms with van der Waals surface area (Å²) in [7, 11) is 0. The highest BCUT2D eigenvalue weighted by molar-refractivity contribution is 6.31. The third-order valence-electron chi connectivity index (χ3n) is 11.6. The van der Waals surface area contributed by atoms with Gasteiger partial charge in [-0.15, -0.1) is 10.2 Å². The van der Waals surface area contributed by atoms with Crippen molar-refractivity contribution in [3.63, 3.8) is 0 Å². The molecule has 2 aliphatic heterocycles. The molecule has 8 rings (SSSR count). The van der Waals surface area contributed by atoms with E-state index < -0.39 is 0 Å². The van der Waals surface area contributed by atoms with E-state index >= 15 is 0 Å². The van der Waals surface area contributed by atoms with E-state index in [4.69, 9.17) is 36.1 Å². The molecule has 0 radical (unpaired) electrons. The Kier molecular flexibility index (Phi) is 13.1. The first-order chi connectivity index (χ1) is 28.4. The number of amides is 2. The number of hydrogen-bond acceptors (Lipinski definition) is 9. The number of aromatic nitrogens is 5. The van der Waals surface area contributed by atoms with E-state index in [9.17, 15) is 4.79 Å². The minimum Gasteiger partial charge on any atom is -0.484 e. The normalized spacial score (nSPS) is 20.9. The first-order valence-corrected chi connectivity index (χ1v) is 21.0. The molecule has 4 atom stereocenters. The molecule has 2 fully saturated rings. The number of carbonyl (C=O) groups is 2. The van der Waals surface area contributed by atoms with Gasteiger partial charge in [-0.05, 0) is 99.4 Å². The third kappa shape index (κ3) is 9.66. The van der Waals surface area contributed by atoms with Gasteiger partial charge in [-0.25, -0.2) is 9.48 Å². The van der Waals surface area contributed by atoms with Crippen molar-refractivity contribution >= 4 is 41.5 Å². The minimum atomic E-state index is -0.293. The summed E-state index contributed by atoms with van der Waals surface area (Å²) in [5, 5.41) is 28.1. The molecule has 0 unspecified atom stereocenters. The number of benzene rings is 2. The number of carboxylic acid groups (broad SMARTS) is 1. The van der Waals surface area contributed by atoms with Gasteiger partial charge in [-0.2, -0.15) is 5.10 Å². The zero-order valence-electron chi connectivity index (χ0n) is 34.6. The summed E-state index contributed by atoms with van der Waals surface area (Å²) < 4.78 is 16.1. The molecule has 59 heavy (non-hydrogen) atoms. The van der Waals surface area contributed by atoms with Crippen molar-refractivity contribution < 1.29 is 24.2 Å². The van der Waals surface area contributed by atoms with E-state index in [1.54, 1.807) is 0 Å². The number of carbonyl (C=O) groups excluding carboxylic acids is 1. The van der Waals surface area contributed by atoms with Crippen molar-refractivity contribution in [2.75, 3.05) is 43.1 Å². The van der Waals surface area contributed by atoms with E-state index in [-0.39, 0.29) is 30.1 Å². The molecular formula is C44H56ClN9O5. The Bertz CT molecular complexity index is 2220. The monoisotopic (exact) mass is 825 g/mol. The molecule has 3 N–H and O–H groups in total. The molecule has 1 aliphatic carbocycles. The Hall–Kier alpha value is -5.18. The number of rotatable bonds is 9. The molecule has 3 aliphatic rings. The highest BCUT2D eigenvalue weighted by Gasteiger charge is 2.32. The molecule has 314 valence electrons. The van der Waals surface area contributed by atoms with E-state index in [2.05, 4.69) is 87.8 Å². The second-order valence-corrected chi connectivity index (χ2v) is 17.2. The molecule has 15 heteroatoms. The van der Waals surface area contributed by atoms with Crippen LogP contribution in [0.15, 0.2) is 66.9 Å². The van der Waals surface area contributed by atoms with Crippen molar-refractivity contribution in [3.05, 3.63) is 94.3 Å². The number of pyridine rings is 1. The predicted octanol–water partition coefficient (Wildman–Crippen LogP) is 7.99. The minimum absolute atomic E-state index is 0.171. The van der Waals surface area contributed by atoms with Gasteiger partial charge in [0, 0.05) is 48.2 Å². The zero-order chi connectivity index (χ0) is 41.7. The number of hydrogen-bond donors (Lipinski definition) is 3. The Morgan fingerprint density at radius 2 is 1.71 bits per heavy atom. The van der Waals surface area contributed by atoms with E-state index in [0.717, 1.165) is 109 Å². The van der Waals surface area contributed by atoms with Crippen LogP contribution in [-0.4, -0.2) is 91.8 Å². The van der Waals surface area contributed by atoms with Gasteiger partial charge in [0.15, 0.2) is 5.65 Å². The van der Waals surface area contributed by atoms with Gasteiger partial charge in [0.25, 0.3) is 6.47 Å². The lowest BCUT2D eigenvalue weighted by molar-refractivity contribution is -0.122. The molecule has 5 heterocycles. The molecule has 0 spiro atoms. The van der Waals surface area contributed by atoms with Gasteiger partial charge in [0.2, 0.25) is 5.95 Å². The summed E-state index contributed by atoms with van der Waals surface area (Å²) in [5.41, 5.74) is 5.45. The fourth-order valence-corrected chi connectivity index (χ4v) is 8.65. The largest absolute Gasteiger partial charge is 0.484 e. The summed E-state index contributed by atoms with van der Waals surface area (Å²) in [4.78, 5) is 27.0. The number of morpholine rings is 1. The number of ether oxygens (including phenoxy) is 2. The number of halogens is 1. The number of nitrogens with zero attached hydrogens (tertiary/aromatic N) is 7. The molecule has 3 aromatic heterocycles. The lowest BCUT2D eigenvalue weighted by Crippen LogP contribution is -2.44. The summed E-state index contributed by atoms with van der Waals surface area (Å²) in [5.74, 6) is 2.21.